The van der Waals surface area contributed by atoms with Crippen LogP contribution in [0.1, 0.15) is 12.5 Å². The minimum Gasteiger partial charge on any atom is -0.304 e. The van der Waals surface area contributed by atoms with E-state index < -0.39 is 0 Å². The molecule has 1 rings (SSSR count). The van der Waals surface area contributed by atoms with Crippen LogP contribution in [0, 0.1) is 12.3 Å². The van der Waals surface area contributed by atoms with Gasteiger partial charge in [-0.1, -0.05) is 12.8 Å². The molecule has 1 atom stereocenters. The number of terminal acetylenes is 1. The molecule has 2 heteroatoms. The summed E-state index contributed by atoms with van der Waals surface area (Å²) >= 11 is 1.71. The first-order valence-electron chi connectivity index (χ1n) is 4.07. The van der Waals surface area contributed by atoms with Crippen LogP contribution in [0.25, 0.3) is 0 Å². The number of thiophene rings is 1. The minimum absolute atomic E-state index is 0.185. The van der Waals surface area contributed by atoms with Gasteiger partial charge in [0.05, 0.1) is 6.04 Å². The third-order valence-electron chi connectivity index (χ3n) is 1.67. The Balaban J connectivity index is 2.44. The molecular weight excluding hydrogens is 166 g/mol. The third kappa shape index (κ3) is 2.69. The zero-order valence-electron chi connectivity index (χ0n) is 7.21. The lowest BCUT2D eigenvalue weighted by Gasteiger charge is -2.09. The van der Waals surface area contributed by atoms with Gasteiger partial charge in [-0.25, -0.2) is 0 Å². The summed E-state index contributed by atoms with van der Waals surface area (Å²) in [5.74, 6) is 2.73. The van der Waals surface area contributed by atoms with E-state index in [-0.39, 0.29) is 6.04 Å². The van der Waals surface area contributed by atoms with Crippen LogP contribution in [-0.4, -0.2) is 12.6 Å². The van der Waals surface area contributed by atoms with Crippen molar-refractivity contribution in [2.24, 2.45) is 0 Å². The highest BCUT2D eigenvalue weighted by atomic mass is 32.1. The first kappa shape index (κ1) is 9.31. The van der Waals surface area contributed by atoms with Gasteiger partial charge >= 0.3 is 0 Å². The summed E-state index contributed by atoms with van der Waals surface area (Å²) < 4.78 is 0. The number of hydrogen-bond acceptors (Lipinski definition) is 2. The van der Waals surface area contributed by atoms with E-state index in [0.717, 1.165) is 13.0 Å². The molecular formula is C10H13NS. The predicted molar refractivity (Wildman–Crippen MR) is 54.3 cm³/mol. The topological polar surface area (TPSA) is 12.0 Å². The molecule has 64 valence electrons. The third-order valence-corrected chi connectivity index (χ3v) is 2.40. The monoisotopic (exact) mass is 179 g/mol. The number of hydrogen-bond donors (Lipinski definition) is 1. The highest BCUT2D eigenvalue weighted by molar-refractivity contribution is 7.07. The number of rotatable bonds is 4. The van der Waals surface area contributed by atoms with Crippen molar-refractivity contribution in [1.82, 2.24) is 5.32 Å². The summed E-state index contributed by atoms with van der Waals surface area (Å²) in [6.45, 7) is 3.00. The first-order valence-corrected chi connectivity index (χ1v) is 5.01. The largest absolute Gasteiger partial charge is 0.304 e. The summed E-state index contributed by atoms with van der Waals surface area (Å²) in [4.78, 5) is 0. The Morgan fingerprint density at radius 1 is 1.75 bits per heavy atom. The maximum Gasteiger partial charge on any atom is 0.0727 e. The van der Waals surface area contributed by atoms with E-state index in [1.807, 2.05) is 0 Å². The Labute approximate surface area is 77.8 Å². The molecule has 0 saturated heterocycles. The summed E-state index contributed by atoms with van der Waals surface area (Å²) in [6.07, 6.45) is 6.30. The van der Waals surface area contributed by atoms with Crippen LogP contribution in [0.15, 0.2) is 16.8 Å². The molecule has 1 nitrogen and oxygen atoms in total. The van der Waals surface area contributed by atoms with E-state index in [4.69, 9.17) is 6.42 Å². The Bertz CT molecular complexity index is 245. The van der Waals surface area contributed by atoms with Gasteiger partial charge in [0.15, 0.2) is 0 Å². The lowest BCUT2D eigenvalue weighted by atomic mass is 10.1. The molecule has 1 aromatic rings. The number of nitrogens with one attached hydrogen (secondary N) is 1. The molecule has 0 bridgehead atoms. The Morgan fingerprint density at radius 3 is 3.08 bits per heavy atom. The summed E-state index contributed by atoms with van der Waals surface area (Å²) in [5, 5.41) is 7.46. The van der Waals surface area contributed by atoms with Crippen molar-refractivity contribution in [3.8, 4) is 12.3 Å². The van der Waals surface area contributed by atoms with Crippen molar-refractivity contribution in [1.29, 1.82) is 0 Å². The smallest absolute Gasteiger partial charge is 0.0727 e. The molecule has 1 unspecified atom stereocenters. The molecule has 0 saturated carbocycles. The SMILES string of the molecule is C#CC(Cc1ccsc1)NCC. The molecule has 0 amide bonds. The van der Waals surface area contributed by atoms with Crippen molar-refractivity contribution < 1.29 is 0 Å². The van der Waals surface area contributed by atoms with Crippen LogP contribution in [0.4, 0.5) is 0 Å². The van der Waals surface area contributed by atoms with E-state index in [2.05, 4.69) is 35.0 Å². The highest BCUT2D eigenvalue weighted by Gasteiger charge is 2.03. The Hall–Kier alpha value is -0.780. The Kier molecular flexibility index (Phi) is 3.86. The van der Waals surface area contributed by atoms with E-state index in [9.17, 15) is 0 Å². The summed E-state index contributed by atoms with van der Waals surface area (Å²) in [6, 6.07) is 2.30. The quantitative estimate of drug-likeness (QED) is 0.696. The van der Waals surface area contributed by atoms with Crippen molar-refractivity contribution in [2.75, 3.05) is 6.54 Å². The summed E-state index contributed by atoms with van der Waals surface area (Å²) in [7, 11) is 0. The van der Waals surface area contributed by atoms with Crippen LogP contribution in [-0.2, 0) is 6.42 Å². The normalized spacial score (nSPS) is 12.3. The standard InChI is InChI=1S/C10H13NS/c1-3-10(11-4-2)7-9-5-6-12-8-9/h1,5-6,8,10-11H,4,7H2,2H3. The second-order valence-corrected chi connectivity index (χ2v) is 3.39. The molecule has 12 heavy (non-hydrogen) atoms. The fourth-order valence-electron chi connectivity index (χ4n) is 1.08. The average Bonchev–Trinajstić information content (AvgIpc) is 2.56. The molecule has 0 radical (unpaired) electrons. The van der Waals surface area contributed by atoms with Gasteiger partial charge < -0.3 is 5.32 Å². The fraction of sp³-hybridized carbons (Fsp3) is 0.400. The molecule has 0 aliphatic carbocycles. The van der Waals surface area contributed by atoms with Gasteiger partial charge in [0.25, 0.3) is 0 Å². The molecule has 0 aliphatic rings. The van der Waals surface area contributed by atoms with Crippen molar-refractivity contribution in [3.05, 3.63) is 22.4 Å². The van der Waals surface area contributed by atoms with Gasteiger partial charge in [0, 0.05) is 0 Å². The van der Waals surface area contributed by atoms with Crippen LogP contribution in [0.3, 0.4) is 0 Å². The van der Waals surface area contributed by atoms with E-state index in [1.165, 1.54) is 5.56 Å². The second-order valence-electron chi connectivity index (χ2n) is 2.61. The maximum absolute atomic E-state index is 5.37. The second kappa shape index (κ2) is 4.97. The van der Waals surface area contributed by atoms with Crippen LogP contribution < -0.4 is 5.32 Å². The fourth-order valence-corrected chi connectivity index (χ4v) is 1.76. The van der Waals surface area contributed by atoms with Crippen LogP contribution >= 0.6 is 11.3 Å². The first-order chi connectivity index (χ1) is 5.86. The predicted octanol–water partition coefficient (Wildman–Crippen LogP) is 1.90. The molecule has 0 aliphatic heterocycles. The van der Waals surface area contributed by atoms with Crippen molar-refractivity contribution in [3.63, 3.8) is 0 Å². The molecule has 1 N–H and O–H groups in total. The zero-order valence-corrected chi connectivity index (χ0v) is 8.03. The lowest BCUT2D eigenvalue weighted by Crippen LogP contribution is -2.29. The maximum atomic E-state index is 5.37. The molecule has 1 aromatic heterocycles. The van der Waals surface area contributed by atoms with Crippen LogP contribution in [0.2, 0.25) is 0 Å². The number of likely N-dealkylation sites (N-methyl/N-ethyl adjacent to an activating group) is 1. The zero-order chi connectivity index (χ0) is 8.81. The average molecular weight is 179 g/mol. The van der Waals surface area contributed by atoms with Gasteiger partial charge in [0.1, 0.15) is 0 Å². The van der Waals surface area contributed by atoms with E-state index >= 15 is 0 Å². The summed E-state index contributed by atoms with van der Waals surface area (Å²) in [5.41, 5.74) is 1.32. The highest BCUT2D eigenvalue weighted by Crippen LogP contribution is 2.08. The molecule has 0 spiro atoms. The Morgan fingerprint density at radius 2 is 2.58 bits per heavy atom. The van der Waals surface area contributed by atoms with Gasteiger partial charge in [-0.05, 0) is 35.4 Å². The van der Waals surface area contributed by atoms with Gasteiger partial charge in [-0.2, -0.15) is 11.3 Å². The lowest BCUT2D eigenvalue weighted by molar-refractivity contribution is 0.629. The van der Waals surface area contributed by atoms with Gasteiger partial charge in [0.2, 0.25) is 0 Å². The van der Waals surface area contributed by atoms with E-state index in [1.54, 1.807) is 11.3 Å². The molecule has 0 aromatic carbocycles. The molecule has 1 heterocycles. The minimum atomic E-state index is 0.185. The van der Waals surface area contributed by atoms with Gasteiger partial charge in [-0.3, -0.25) is 0 Å². The van der Waals surface area contributed by atoms with Gasteiger partial charge in [-0.15, -0.1) is 6.42 Å². The van der Waals surface area contributed by atoms with E-state index in [0.29, 0.717) is 0 Å². The van der Waals surface area contributed by atoms with Crippen molar-refractivity contribution >= 4 is 11.3 Å². The van der Waals surface area contributed by atoms with Crippen LogP contribution in [0.5, 0.6) is 0 Å². The van der Waals surface area contributed by atoms with Crippen molar-refractivity contribution in [2.45, 2.75) is 19.4 Å². The molecule has 0 fully saturated rings.